The molecule has 0 bridgehead atoms. The van der Waals surface area contributed by atoms with E-state index >= 15 is 0 Å². The first kappa shape index (κ1) is 7.96. The van der Waals surface area contributed by atoms with E-state index < -0.39 is 0 Å². The van der Waals surface area contributed by atoms with Crippen molar-refractivity contribution in [3.8, 4) is 0 Å². The van der Waals surface area contributed by atoms with Crippen molar-refractivity contribution in [3.05, 3.63) is 0 Å². The van der Waals surface area contributed by atoms with Crippen LogP contribution in [0.1, 0.15) is 20.8 Å². The Morgan fingerprint density at radius 1 is 1.50 bits per heavy atom. The summed E-state index contributed by atoms with van der Waals surface area (Å²) in [5.74, 6) is 0.316. The van der Waals surface area contributed by atoms with Crippen LogP contribution in [-0.4, -0.2) is 11.2 Å². The Morgan fingerprint density at radius 2 is 1.88 bits per heavy atom. The fourth-order valence-electron chi connectivity index (χ4n) is 0.469. The van der Waals surface area contributed by atoms with Crippen LogP contribution in [0, 0.1) is 5.92 Å². The van der Waals surface area contributed by atoms with Gasteiger partial charge in [0.1, 0.15) is 5.78 Å². The molecule has 0 aromatic carbocycles. The van der Waals surface area contributed by atoms with Crippen LogP contribution in [0.5, 0.6) is 0 Å². The van der Waals surface area contributed by atoms with Crippen LogP contribution in [0.2, 0.25) is 0 Å². The molecule has 2 heteroatoms. The minimum Gasteiger partial charge on any atom is -0.298 e. The van der Waals surface area contributed by atoms with Gasteiger partial charge in [0, 0.05) is 0 Å². The van der Waals surface area contributed by atoms with Crippen molar-refractivity contribution in [3.63, 3.8) is 0 Å². The number of ketones is 1. The molecular formula is C6H11ClO. The molecule has 0 radical (unpaired) electrons. The number of halogens is 1. The molecule has 0 amide bonds. The van der Waals surface area contributed by atoms with Crippen LogP contribution in [0.3, 0.4) is 0 Å². The van der Waals surface area contributed by atoms with Gasteiger partial charge in [-0.25, -0.2) is 0 Å². The van der Waals surface area contributed by atoms with E-state index in [1.165, 1.54) is 6.92 Å². The molecule has 0 aliphatic carbocycles. The van der Waals surface area contributed by atoms with Gasteiger partial charge in [-0.1, -0.05) is 13.8 Å². The molecule has 1 atom stereocenters. The van der Waals surface area contributed by atoms with Crippen molar-refractivity contribution in [1.82, 2.24) is 0 Å². The summed E-state index contributed by atoms with van der Waals surface area (Å²) in [6.45, 7) is 5.37. The van der Waals surface area contributed by atoms with E-state index in [0.717, 1.165) is 0 Å². The van der Waals surface area contributed by atoms with Gasteiger partial charge in [-0.3, -0.25) is 4.79 Å². The third-order valence-electron chi connectivity index (χ3n) is 0.974. The van der Waals surface area contributed by atoms with Crippen molar-refractivity contribution >= 4 is 17.4 Å². The lowest BCUT2D eigenvalue weighted by Gasteiger charge is -2.07. The molecule has 0 rings (SSSR count). The highest BCUT2D eigenvalue weighted by Gasteiger charge is 2.13. The third kappa shape index (κ3) is 2.31. The lowest BCUT2D eigenvalue weighted by atomic mass is 10.1. The molecule has 0 aliphatic heterocycles. The largest absolute Gasteiger partial charge is 0.298 e. The number of hydrogen-bond acceptors (Lipinski definition) is 1. The summed E-state index contributed by atoms with van der Waals surface area (Å²) in [6, 6.07) is 0. The molecule has 0 aliphatic rings. The van der Waals surface area contributed by atoms with Crippen LogP contribution in [0.15, 0.2) is 0 Å². The Bertz CT molecular complexity index is 88.5. The van der Waals surface area contributed by atoms with Crippen molar-refractivity contribution in [2.24, 2.45) is 5.92 Å². The molecule has 0 aromatic rings. The summed E-state index contributed by atoms with van der Waals surface area (Å²) in [4.78, 5) is 10.5. The highest BCUT2D eigenvalue weighted by molar-refractivity contribution is 6.30. The van der Waals surface area contributed by atoms with Crippen molar-refractivity contribution in [1.29, 1.82) is 0 Å². The minimum absolute atomic E-state index is 0.0571. The summed E-state index contributed by atoms with van der Waals surface area (Å²) < 4.78 is 0. The fraction of sp³-hybridized carbons (Fsp3) is 0.833. The second kappa shape index (κ2) is 3.08. The van der Waals surface area contributed by atoms with Gasteiger partial charge >= 0.3 is 0 Å². The summed E-state index contributed by atoms with van der Waals surface area (Å²) in [7, 11) is 0. The van der Waals surface area contributed by atoms with Gasteiger partial charge in [-0.05, 0) is 12.8 Å². The van der Waals surface area contributed by atoms with E-state index in [0.29, 0.717) is 0 Å². The first-order valence-corrected chi connectivity index (χ1v) is 3.14. The van der Waals surface area contributed by atoms with E-state index in [2.05, 4.69) is 0 Å². The van der Waals surface area contributed by atoms with Crippen LogP contribution < -0.4 is 0 Å². The Morgan fingerprint density at radius 3 is 1.88 bits per heavy atom. The molecule has 0 heterocycles. The zero-order valence-electron chi connectivity index (χ0n) is 5.44. The average molecular weight is 135 g/mol. The molecule has 48 valence electrons. The van der Waals surface area contributed by atoms with Gasteiger partial charge < -0.3 is 0 Å². The number of alkyl halides is 1. The number of Topliss-reactive ketones (excluding diaryl/α,β-unsaturated/α-hetero) is 1. The molecule has 8 heavy (non-hydrogen) atoms. The second-order valence-electron chi connectivity index (χ2n) is 2.26. The van der Waals surface area contributed by atoms with Crippen molar-refractivity contribution < 1.29 is 4.79 Å². The topological polar surface area (TPSA) is 17.1 Å². The van der Waals surface area contributed by atoms with Gasteiger partial charge in [0.05, 0.1) is 5.38 Å². The zero-order chi connectivity index (χ0) is 6.73. The predicted octanol–water partition coefficient (Wildman–Crippen LogP) is 1.84. The molecule has 0 saturated carbocycles. The maximum Gasteiger partial charge on any atom is 0.147 e. The van der Waals surface area contributed by atoms with E-state index in [4.69, 9.17) is 11.6 Å². The number of carbonyl (C=O) groups is 1. The average Bonchev–Trinajstić information content (AvgIpc) is 1.64. The highest BCUT2D eigenvalue weighted by atomic mass is 35.5. The fourth-order valence-corrected chi connectivity index (χ4v) is 0.469. The van der Waals surface area contributed by atoms with Crippen LogP contribution >= 0.6 is 11.6 Å². The smallest absolute Gasteiger partial charge is 0.147 e. The summed E-state index contributed by atoms with van der Waals surface area (Å²) in [5, 5.41) is -0.296. The molecule has 0 saturated heterocycles. The predicted molar refractivity (Wildman–Crippen MR) is 35.2 cm³/mol. The zero-order valence-corrected chi connectivity index (χ0v) is 6.20. The molecule has 0 fully saturated rings. The number of rotatable bonds is 2. The van der Waals surface area contributed by atoms with Gasteiger partial charge in [0.15, 0.2) is 0 Å². The van der Waals surface area contributed by atoms with Crippen LogP contribution in [0.4, 0.5) is 0 Å². The number of hydrogen-bond donors (Lipinski definition) is 0. The van der Waals surface area contributed by atoms with Crippen molar-refractivity contribution in [2.45, 2.75) is 26.1 Å². The first-order chi connectivity index (χ1) is 3.55. The van der Waals surface area contributed by atoms with Crippen LogP contribution in [-0.2, 0) is 4.79 Å². The third-order valence-corrected chi connectivity index (χ3v) is 1.78. The molecule has 0 aromatic heterocycles. The van der Waals surface area contributed by atoms with Crippen molar-refractivity contribution in [2.75, 3.05) is 0 Å². The van der Waals surface area contributed by atoms with Gasteiger partial charge in [-0.2, -0.15) is 0 Å². The second-order valence-corrected chi connectivity index (χ2v) is 2.73. The normalized spacial score (nSPS) is 14.1. The Labute approximate surface area is 55.0 Å². The van der Waals surface area contributed by atoms with Crippen LogP contribution in [0.25, 0.3) is 0 Å². The molecule has 0 unspecified atom stereocenters. The Kier molecular flexibility index (Phi) is 3.06. The molecule has 0 N–H and O–H groups in total. The quantitative estimate of drug-likeness (QED) is 0.527. The van der Waals surface area contributed by atoms with E-state index in [1.54, 1.807) is 0 Å². The minimum atomic E-state index is -0.296. The van der Waals surface area contributed by atoms with Gasteiger partial charge in [0.25, 0.3) is 0 Å². The Balaban J connectivity index is 3.64. The first-order valence-electron chi connectivity index (χ1n) is 2.70. The van der Waals surface area contributed by atoms with E-state index in [9.17, 15) is 4.79 Å². The monoisotopic (exact) mass is 134 g/mol. The maximum absolute atomic E-state index is 10.5. The maximum atomic E-state index is 10.5. The molecule has 0 spiro atoms. The molecular weight excluding hydrogens is 124 g/mol. The summed E-state index contributed by atoms with van der Waals surface area (Å²) in [6.07, 6.45) is 0. The lowest BCUT2D eigenvalue weighted by molar-refractivity contribution is -0.117. The number of carbonyl (C=O) groups excluding carboxylic acids is 1. The van der Waals surface area contributed by atoms with Gasteiger partial charge in [-0.15, -0.1) is 11.6 Å². The standard InChI is InChI=1S/C6H11ClO/c1-4(2)6(7)5(3)8/h4,6H,1-3H3/t6-/m1/s1. The summed E-state index contributed by atoms with van der Waals surface area (Å²) >= 11 is 5.60. The lowest BCUT2D eigenvalue weighted by Crippen LogP contribution is -2.16. The van der Waals surface area contributed by atoms with E-state index in [1.807, 2.05) is 13.8 Å². The molecule has 1 nitrogen and oxygen atoms in total. The highest BCUT2D eigenvalue weighted by Crippen LogP contribution is 2.09. The van der Waals surface area contributed by atoms with Gasteiger partial charge in [0.2, 0.25) is 0 Å². The SMILES string of the molecule is CC(=O)[C@H](Cl)C(C)C. The summed E-state index contributed by atoms with van der Waals surface area (Å²) in [5.41, 5.74) is 0. The van der Waals surface area contributed by atoms with E-state index in [-0.39, 0.29) is 17.1 Å². The Hall–Kier alpha value is -0.0400.